The van der Waals surface area contributed by atoms with Gasteiger partial charge in [0.1, 0.15) is 17.2 Å². The number of alkyl halides is 3. The van der Waals surface area contributed by atoms with Crippen LogP contribution in [0.4, 0.5) is 23.4 Å². The van der Waals surface area contributed by atoms with Crippen molar-refractivity contribution in [3.05, 3.63) is 58.6 Å². The number of nitrogens with zero attached hydrogens (tertiary/aromatic N) is 3. The highest BCUT2D eigenvalue weighted by atomic mass is 19.4. The van der Waals surface area contributed by atoms with Gasteiger partial charge in [0.2, 0.25) is 0 Å². The standard InChI is InChI=1S/C39H53F4N3O3/c1-24-13-16-28(26(3)19-35(47)49-38(4,5)6)22-46(21-24)36-31-18-15-27(14-17-30-32(39(41,42)43)11-8-12-33(30)40)20-34(31)44-37(45-36)48-23-29-10-7-9-25(29)2/h8,11-12,24-25,27-29H,3,7,9-10,13-23H2,1-2,4-6H3/t24?,25?,27?,28?,29-/m0/s1. The van der Waals surface area contributed by atoms with E-state index in [-0.39, 0.29) is 36.2 Å². The molecular weight excluding hydrogens is 634 g/mol. The summed E-state index contributed by atoms with van der Waals surface area (Å²) in [5.74, 6) is 1.27. The first-order chi connectivity index (χ1) is 23.1. The molecule has 0 radical (unpaired) electrons. The van der Waals surface area contributed by atoms with E-state index in [0.717, 1.165) is 73.1 Å². The Bertz CT molecular complexity index is 1490. The lowest BCUT2D eigenvalue weighted by molar-refractivity contribution is -0.154. The summed E-state index contributed by atoms with van der Waals surface area (Å²) < 4.78 is 67.6. The lowest BCUT2D eigenvalue weighted by atomic mass is 9.83. The van der Waals surface area contributed by atoms with Gasteiger partial charge < -0.3 is 14.4 Å². The Morgan fingerprint density at radius 1 is 1.04 bits per heavy atom. The number of aromatic nitrogens is 2. The van der Waals surface area contributed by atoms with Crippen molar-refractivity contribution in [2.45, 2.75) is 117 Å². The van der Waals surface area contributed by atoms with Crippen LogP contribution in [-0.2, 0) is 35.0 Å². The maximum atomic E-state index is 14.6. The molecule has 1 aliphatic heterocycles. The van der Waals surface area contributed by atoms with Gasteiger partial charge in [-0.3, -0.25) is 4.79 Å². The van der Waals surface area contributed by atoms with Gasteiger partial charge in [0.15, 0.2) is 0 Å². The molecular formula is C39H53F4N3O3. The lowest BCUT2D eigenvalue weighted by Gasteiger charge is -2.33. The Hall–Kier alpha value is -3.17. The molecule has 0 N–H and O–H groups in total. The van der Waals surface area contributed by atoms with Crippen LogP contribution < -0.4 is 9.64 Å². The monoisotopic (exact) mass is 687 g/mol. The largest absolute Gasteiger partial charge is 0.463 e. The van der Waals surface area contributed by atoms with E-state index in [1.54, 1.807) is 0 Å². The first-order valence-electron chi connectivity index (χ1n) is 18.1. The second-order valence-corrected chi connectivity index (χ2v) is 15.9. The Kier molecular flexibility index (Phi) is 11.6. The molecule has 1 aromatic carbocycles. The fourth-order valence-corrected chi connectivity index (χ4v) is 7.89. The first kappa shape index (κ1) is 37.1. The highest BCUT2D eigenvalue weighted by Gasteiger charge is 2.36. The number of carbonyl (C=O) groups excluding carboxylic acids is 1. The summed E-state index contributed by atoms with van der Waals surface area (Å²) in [7, 11) is 0. The maximum absolute atomic E-state index is 14.6. The number of ether oxygens (including phenoxy) is 2. The van der Waals surface area contributed by atoms with Crippen LogP contribution in [0.5, 0.6) is 6.01 Å². The molecule has 5 atom stereocenters. The van der Waals surface area contributed by atoms with Crippen LogP contribution in [0.25, 0.3) is 0 Å². The van der Waals surface area contributed by atoms with Crippen LogP contribution in [0.3, 0.4) is 0 Å². The normalized spacial score (nSPS) is 24.7. The summed E-state index contributed by atoms with van der Waals surface area (Å²) in [4.78, 5) is 25.0. The van der Waals surface area contributed by atoms with Crippen molar-refractivity contribution in [1.82, 2.24) is 9.97 Å². The van der Waals surface area contributed by atoms with Crippen LogP contribution in [-0.4, -0.2) is 41.2 Å². The van der Waals surface area contributed by atoms with Crippen LogP contribution >= 0.6 is 0 Å². The van der Waals surface area contributed by atoms with Crippen molar-refractivity contribution in [2.75, 3.05) is 24.6 Å². The van der Waals surface area contributed by atoms with Crippen molar-refractivity contribution in [3.8, 4) is 6.01 Å². The van der Waals surface area contributed by atoms with Gasteiger partial charge >= 0.3 is 18.2 Å². The Morgan fingerprint density at radius 2 is 1.82 bits per heavy atom. The zero-order chi connectivity index (χ0) is 35.5. The number of fused-ring (bicyclic) bond motifs is 1. The molecule has 1 aromatic heterocycles. The molecule has 6 nitrogen and oxygen atoms in total. The summed E-state index contributed by atoms with van der Waals surface area (Å²) in [6.07, 6.45) is 3.36. The van der Waals surface area contributed by atoms with Gasteiger partial charge in [-0.2, -0.15) is 23.1 Å². The number of carbonyl (C=O) groups is 1. The van der Waals surface area contributed by atoms with Gasteiger partial charge in [0.05, 0.1) is 24.3 Å². The molecule has 0 spiro atoms. The average Bonchev–Trinajstić information content (AvgIpc) is 3.31. The summed E-state index contributed by atoms with van der Waals surface area (Å²) >= 11 is 0. The number of anilines is 1. The molecule has 2 aromatic rings. The Balaban J connectivity index is 1.39. The number of esters is 1. The minimum absolute atomic E-state index is 0.00740. The molecule has 1 saturated heterocycles. The van der Waals surface area contributed by atoms with E-state index < -0.39 is 23.2 Å². The molecule has 2 aliphatic carbocycles. The van der Waals surface area contributed by atoms with Gasteiger partial charge in [-0.05, 0) is 114 Å². The number of benzene rings is 1. The third-order valence-electron chi connectivity index (χ3n) is 10.7. The van der Waals surface area contributed by atoms with Crippen molar-refractivity contribution < 1.29 is 31.8 Å². The third kappa shape index (κ3) is 9.75. The Morgan fingerprint density at radius 3 is 2.51 bits per heavy atom. The minimum atomic E-state index is -4.61. The zero-order valence-corrected chi connectivity index (χ0v) is 29.8. The van der Waals surface area contributed by atoms with Crippen LogP contribution in [0.1, 0.15) is 108 Å². The van der Waals surface area contributed by atoms with E-state index in [9.17, 15) is 22.4 Å². The summed E-state index contributed by atoms with van der Waals surface area (Å²) in [5.41, 5.74) is 1.03. The fraction of sp³-hybridized carbons (Fsp3) is 0.667. The molecule has 2 fully saturated rings. The lowest BCUT2D eigenvalue weighted by Crippen LogP contribution is -2.34. The second-order valence-electron chi connectivity index (χ2n) is 15.9. The molecule has 5 rings (SSSR count). The first-order valence-corrected chi connectivity index (χ1v) is 18.1. The van der Waals surface area contributed by atoms with Crippen molar-refractivity contribution in [2.24, 2.45) is 29.6 Å². The second kappa shape index (κ2) is 15.4. The van der Waals surface area contributed by atoms with Crippen LogP contribution in [0.2, 0.25) is 0 Å². The summed E-state index contributed by atoms with van der Waals surface area (Å²) in [6, 6.07) is 3.52. The molecule has 3 aliphatic rings. The SMILES string of the molecule is C=C(CC(=O)OC(C)(C)C)C1CCC(C)CN(c2nc(OC[C@@H]3CCCC3C)nc3c2CCC(CCc2c(F)cccc2C(F)(F)F)C3)C1. The maximum Gasteiger partial charge on any atom is 0.416 e. The average molecular weight is 688 g/mol. The molecule has 270 valence electrons. The third-order valence-corrected chi connectivity index (χ3v) is 10.7. The van der Waals surface area contributed by atoms with E-state index in [0.29, 0.717) is 56.2 Å². The number of hydrogen-bond acceptors (Lipinski definition) is 6. The predicted molar refractivity (Wildman–Crippen MR) is 183 cm³/mol. The number of halogens is 4. The van der Waals surface area contributed by atoms with E-state index in [4.69, 9.17) is 19.4 Å². The van der Waals surface area contributed by atoms with Gasteiger partial charge in [-0.25, -0.2) is 4.39 Å². The fourth-order valence-electron chi connectivity index (χ4n) is 7.89. The quantitative estimate of drug-likeness (QED) is 0.141. The molecule has 0 bridgehead atoms. The molecule has 10 heteroatoms. The zero-order valence-electron chi connectivity index (χ0n) is 29.8. The van der Waals surface area contributed by atoms with E-state index in [2.05, 4.69) is 25.3 Å². The van der Waals surface area contributed by atoms with E-state index in [1.165, 1.54) is 12.8 Å². The number of hydrogen-bond donors (Lipinski definition) is 0. The van der Waals surface area contributed by atoms with Gasteiger partial charge in [0.25, 0.3) is 0 Å². The highest BCUT2D eigenvalue weighted by Crippen LogP contribution is 2.39. The van der Waals surface area contributed by atoms with Crippen molar-refractivity contribution in [3.63, 3.8) is 0 Å². The van der Waals surface area contributed by atoms with E-state index in [1.807, 2.05) is 20.8 Å². The predicted octanol–water partition coefficient (Wildman–Crippen LogP) is 9.33. The molecule has 4 unspecified atom stereocenters. The van der Waals surface area contributed by atoms with E-state index >= 15 is 0 Å². The van der Waals surface area contributed by atoms with Crippen LogP contribution in [0.15, 0.2) is 30.4 Å². The Labute approximate surface area is 289 Å². The summed E-state index contributed by atoms with van der Waals surface area (Å²) in [5, 5.41) is 0. The molecule has 1 saturated carbocycles. The highest BCUT2D eigenvalue weighted by molar-refractivity contribution is 5.73. The smallest absolute Gasteiger partial charge is 0.416 e. The summed E-state index contributed by atoms with van der Waals surface area (Å²) in [6.45, 7) is 16.4. The van der Waals surface area contributed by atoms with Gasteiger partial charge in [-0.15, -0.1) is 0 Å². The molecule has 0 amide bonds. The number of rotatable bonds is 10. The van der Waals surface area contributed by atoms with Gasteiger partial charge in [-0.1, -0.05) is 44.9 Å². The minimum Gasteiger partial charge on any atom is -0.463 e. The molecule has 2 heterocycles. The van der Waals surface area contributed by atoms with Crippen molar-refractivity contribution >= 4 is 11.8 Å². The van der Waals surface area contributed by atoms with Gasteiger partial charge in [0, 0.05) is 24.2 Å². The van der Waals surface area contributed by atoms with Crippen LogP contribution in [0, 0.1) is 35.4 Å². The van der Waals surface area contributed by atoms with Crippen molar-refractivity contribution in [1.29, 1.82) is 0 Å². The molecule has 49 heavy (non-hydrogen) atoms. The topological polar surface area (TPSA) is 64.5 Å².